The van der Waals surface area contributed by atoms with Crippen LogP contribution in [0.1, 0.15) is 32.6 Å². The van der Waals surface area contributed by atoms with Gasteiger partial charge in [0.05, 0.1) is 6.54 Å². The summed E-state index contributed by atoms with van der Waals surface area (Å²) in [5.74, 6) is 0.188. The molecule has 0 bridgehead atoms. The molecule has 2 rings (SSSR count). The number of hydrogen-bond donors (Lipinski definition) is 2. The van der Waals surface area contributed by atoms with Gasteiger partial charge in [0.2, 0.25) is 11.8 Å². The van der Waals surface area contributed by atoms with Crippen LogP contribution in [0.5, 0.6) is 0 Å². The molecule has 0 unspecified atom stereocenters. The van der Waals surface area contributed by atoms with E-state index in [9.17, 15) is 9.59 Å². The van der Waals surface area contributed by atoms with Crippen molar-refractivity contribution in [3.63, 3.8) is 0 Å². The van der Waals surface area contributed by atoms with Crippen molar-refractivity contribution < 1.29 is 9.59 Å². The summed E-state index contributed by atoms with van der Waals surface area (Å²) < 4.78 is 0. The molecule has 21 heavy (non-hydrogen) atoms. The van der Waals surface area contributed by atoms with Crippen LogP contribution in [0, 0.1) is 0 Å². The van der Waals surface area contributed by atoms with Gasteiger partial charge in [-0.2, -0.15) is 0 Å². The molecule has 0 spiro atoms. The Morgan fingerprint density at radius 1 is 1.29 bits per heavy atom. The molecule has 0 aromatic heterocycles. The van der Waals surface area contributed by atoms with Gasteiger partial charge in [-0.3, -0.25) is 9.59 Å². The number of amides is 2. The van der Waals surface area contributed by atoms with Gasteiger partial charge >= 0.3 is 0 Å². The summed E-state index contributed by atoms with van der Waals surface area (Å²) in [6.07, 6.45) is 3.64. The molecule has 0 radical (unpaired) electrons. The molecule has 1 aromatic rings. The Hall–Kier alpha value is -2.04. The van der Waals surface area contributed by atoms with Crippen LogP contribution in [0.3, 0.4) is 0 Å². The molecule has 114 valence electrons. The van der Waals surface area contributed by atoms with E-state index in [1.54, 1.807) is 4.90 Å². The third kappa shape index (κ3) is 4.48. The molecule has 1 aliphatic heterocycles. The Morgan fingerprint density at radius 3 is 2.67 bits per heavy atom. The van der Waals surface area contributed by atoms with Gasteiger partial charge in [-0.1, -0.05) is 13.3 Å². The van der Waals surface area contributed by atoms with Gasteiger partial charge in [-0.15, -0.1) is 0 Å². The molecule has 5 nitrogen and oxygen atoms in total. The number of benzene rings is 1. The molecule has 1 heterocycles. The number of carbonyl (C=O) groups excluding carboxylic acids is 2. The quantitative estimate of drug-likeness (QED) is 0.756. The third-order valence-electron chi connectivity index (χ3n) is 3.56. The molecule has 0 saturated carbocycles. The first-order chi connectivity index (χ1) is 10.2. The highest BCUT2D eigenvalue weighted by molar-refractivity contribution is 5.95. The zero-order valence-electron chi connectivity index (χ0n) is 12.5. The lowest BCUT2D eigenvalue weighted by Crippen LogP contribution is -2.30. The van der Waals surface area contributed by atoms with Crippen molar-refractivity contribution in [3.05, 3.63) is 24.3 Å². The number of hydrogen-bond acceptors (Lipinski definition) is 3. The Kier molecular flexibility index (Phi) is 5.60. The maximum Gasteiger partial charge on any atom is 0.239 e. The topological polar surface area (TPSA) is 61.4 Å². The molecule has 1 aromatic carbocycles. The fourth-order valence-corrected chi connectivity index (χ4v) is 2.33. The standard InChI is InChI=1S/C16H23N3O2/c1-2-3-10-17-15(20)12-18-13-6-8-14(9-7-13)19-11-4-5-16(19)21/h6-9,18H,2-5,10-12H2,1H3,(H,17,20). The summed E-state index contributed by atoms with van der Waals surface area (Å²) in [6.45, 7) is 3.89. The maximum atomic E-state index is 11.7. The average Bonchev–Trinajstić information content (AvgIpc) is 2.92. The van der Waals surface area contributed by atoms with E-state index in [-0.39, 0.29) is 18.4 Å². The highest BCUT2D eigenvalue weighted by Gasteiger charge is 2.21. The number of carbonyl (C=O) groups is 2. The number of rotatable bonds is 7. The van der Waals surface area contributed by atoms with Crippen LogP contribution >= 0.6 is 0 Å². The first kappa shape index (κ1) is 15.4. The van der Waals surface area contributed by atoms with Crippen molar-refractivity contribution in [2.75, 3.05) is 29.9 Å². The molecule has 0 aliphatic carbocycles. The molecule has 1 fully saturated rings. The Morgan fingerprint density at radius 2 is 2.05 bits per heavy atom. The minimum Gasteiger partial charge on any atom is -0.376 e. The van der Waals surface area contributed by atoms with E-state index in [2.05, 4.69) is 17.6 Å². The number of unbranched alkanes of at least 4 members (excludes halogenated alkanes) is 1. The Labute approximate surface area is 125 Å². The normalized spacial score (nSPS) is 14.3. The molecule has 2 N–H and O–H groups in total. The minimum absolute atomic E-state index is 0.00208. The number of nitrogens with one attached hydrogen (secondary N) is 2. The van der Waals surface area contributed by atoms with E-state index in [4.69, 9.17) is 0 Å². The van der Waals surface area contributed by atoms with Gasteiger partial charge in [0.1, 0.15) is 0 Å². The monoisotopic (exact) mass is 289 g/mol. The van der Waals surface area contributed by atoms with Crippen LogP contribution in [0.2, 0.25) is 0 Å². The fourth-order valence-electron chi connectivity index (χ4n) is 2.33. The van der Waals surface area contributed by atoms with E-state index in [0.717, 1.165) is 43.7 Å². The van der Waals surface area contributed by atoms with Crippen molar-refractivity contribution in [1.82, 2.24) is 5.32 Å². The van der Waals surface area contributed by atoms with Crippen molar-refractivity contribution in [2.24, 2.45) is 0 Å². The third-order valence-corrected chi connectivity index (χ3v) is 3.56. The molecule has 0 atom stereocenters. The lowest BCUT2D eigenvalue weighted by Gasteiger charge is -2.16. The summed E-state index contributed by atoms with van der Waals surface area (Å²) >= 11 is 0. The zero-order chi connectivity index (χ0) is 15.1. The van der Waals surface area contributed by atoms with Gasteiger partial charge in [0.25, 0.3) is 0 Å². The van der Waals surface area contributed by atoms with Crippen LogP contribution in [-0.2, 0) is 9.59 Å². The average molecular weight is 289 g/mol. The van der Waals surface area contributed by atoms with Crippen molar-refractivity contribution in [2.45, 2.75) is 32.6 Å². The van der Waals surface area contributed by atoms with Gasteiger partial charge in [-0.25, -0.2) is 0 Å². The predicted octanol–water partition coefficient (Wildman–Crippen LogP) is 2.14. The Balaban J connectivity index is 1.80. The van der Waals surface area contributed by atoms with E-state index in [1.807, 2.05) is 24.3 Å². The van der Waals surface area contributed by atoms with Crippen molar-refractivity contribution >= 4 is 23.2 Å². The second-order valence-electron chi connectivity index (χ2n) is 5.25. The SMILES string of the molecule is CCCCNC(=O)CNc1ccc(N2CCCC2=O)cc1. The van der Waals surface area contributed by atoms with Gasteiger partial charge < -0.3 is 15.5 Å². The highest BCUT2D eigenvalue weighted by atomic mass is 16.2. The molecular weight excluding hydrogens is 266 g/mol. The molecule has 2 amide bonds. The fraction of sp³-hybridized carbons (Fsp3) is 0.500. The second kappa shape index (κ2) is 7.67. The van der Waals surface area contributed by atoms with Gasteiger partial charge in [0, 0.05) is 30.9 Å². The van der Waals surface area contributed by atoms with Crippen LogP contribution < -0.4 is 15.5 Å². The number of anilines is 2. The minimum atomic E-state index is 0.00208. The summed E-state index contributed by atoms with van der Waals surface area (Å²) in [5, 5.41) is 5.95. The van der Waals surface area contributed by atoms with Crippen LogP contribution in [0.15, 0.2) is 24.3 Å². The largest absolute Gasteiger partial charge is 0.376 e. The maximum absolute atomic E-state index is 11.7. The van der Waals surface area contributed by atoms with Crippen LogP contribution in [0.25, 0.3) is 0 Å². The summed E-state index contributed by atoms with van der Waals surface area (Å²) in [6, 6.07) is 7.64. The second-order valence-corrected chi connectivity index (χ2v) is 5.25. The van der Waals surface area contributed by atoms with Gasteiger partial charge in [-0.05, 0) is 37.1 Å². The van der Waals surface area contributed by atoms with E-state index in [1.165, 1.54) is 0 Å². The highest BCUT2D eigenvalue weighted by Crippen LogP contribution is 2.22. The van der Waals surface area contributed by atoms with E-state index in [0.29, 0.717) is 6.42 Å². The zero-order valence-corrected chi connectivity index (χ0v) is 12.5. The van der Waals surface area contributed by atoms with Crippen LogP contribution in [-0.4, -0.2) is 31.4 Å². The summed E-state index contributed by atoms with van der Waals surface area (Å²) in [4.78, 5) is 25.0. The molecule has 1 saturated heterocycles. The summed E-state index contributed by atoms with van der Waals surface area (Å²) in [5.41, 5.74) is 1.81. The van der Waals surface area contributed by atoms with Crippen molar-refractivity contribution in [1.29, 1.82) is 0 Å². The van der Waals surface area contributed by atoms with E-state index >= 15 is 0 Å². The predicted molar refractivity (Wildman–Crippen MR) is 84.4 cm³/mol. The summed E-state index contributed by atoms with van der Waals surface area (Å²) in [7, 11) is 0. The first-order valence-corrected chi connectivity index (χ1v) is 7.61. The smallest absolute Gasteiger partial charge is 0.239 e. The van der Waals surface area contributed by atoms with Crippen molar-refractivity contribution in [3.8, 4) is 0 Å². The molecule has 1 aliphatic rings. The van der Waals surface area contributed by atoms with Gasteiger partial charge in [0.15, 0.2) is 0 Å². The molecule has 5 heteroatoms. The lowest BCUT2D eigenvalue weighted by atomic mass is 10.2. The first-order valence-electron chi connectivity index (χ1n) is 7.61. The molecular formula is C16H23N3O2. The Bertz CT molecular complexity index is 485. The lowest BCUT2D eigenvalue weighted by molar-refractivity contribution is -0.119. The van der Waals surface area contributed by atoms with Crippen LogP contribution in [0.4, 0.5) is 11.4 Å². The van der Waals surface area contributed by atoms with E-state index < -0.39 is 0 Å². The number of nitrogens with zero attached hydrogens (tertiary/aromatic N) is 1.